The van der Waals surface area contributed by atoms with E-state index in [0.717, 1.165) is 47.4 Å². The number of pyridine rings is 1. The Labute approximate surface area is 394 Å². The number of benzene rings is 1. The molecule has 0 radical (unpaired) electrons. The number of carbonyl (C=O) groups excluding carboxylic acids is 5. The quantitative estimate of drug-likeness (QED) is 0.0718. The van der Waals surface area contributed by atoms with Crippen LogP contribution in [0.5, 0.6) is 0 Å². The number of β-amino-alcohol motifs (C(OH)–C–C–N with tert-alkyl or cyclic N) is 1. The zero-order valence-electron chi connectivity index (χ0n) is 39.0. The molecule has 3 atom stereocenters. The maximum absolute atomic E-state index is 14.0. The molecule has 67 heavy (non-hydrogen) atoms. The zero-order valence-corrected chi connectivity index (χ0v) is 39.8. The Morgan fingerprint density at radius 3 is 2.22 bits per heavy atom. The molecule has 4 aliphatic rings. The van der Waals surface area contributed by atoms with Crippen LogP contribution in [0.25, 0.3) is 10.4 Å². The third-order valence-corrected chi connectivity index (χ3v) is 14.9. The minimum absolute atomic E-state index is 0.00936. The van der Waals surface area contributed by atoms with Crippen LogP contribution in [0.4, 0.5) is 17.3 Å². The van der Waals surface area contributed by atoms with E-state index in [1.165, 1.54) is 24.1 Å². The van der Waals surface area contributed by atoms with Gasteiger partial charge in [0, 0.05) is 38.4 Å². The Hall–Kier alpha value is -6.01. The molecule has 18 heteroatoms. The second kappa shape index (κ2) is 19.3. The molecule has 4 aromatic rings. The zero-order chi connectivity index (χ0) is 47.7. The number of anilines is 3. The predicted octanol–water partition coefficient (Wildman–Crippen LogP) is 5.96. The summed E-state index contributed by atoms with van der Waals surface area (Å²) in [4.78, 5) is 95.9. The highest BCUT2D eigenvalue weighted by molar-refractivity contribution is 7.13. The SMILES string of the molecule is Cc1cc(Nc2cc(NC(=O)CCCCCCC(=O)N[C@H](C(=O)N3C[C@H](O)CC3C(=O)NCc3ccc(-c4scnc4C)cc3)C(C)(C)C)ncn2)c(=O)n2c1C(=O)NC21CCC2(CC2)CC1. The summed E-state index contributed by atoms with van der Waals surface area (Å²) in [6.45, 7) is 9.59. The van der Waals surface area contributed by atoms with Gasteiger partial charge in [-0.1, -0.05) is 57.9 Å². The van der Waals surface area contributed by atoms with Gasteiger partial charge >= 0.3 is 0 Å². The molecule has 1 aromatic carbocycles. The molecule has 5 amide bonds. The van der Waals surface area contributed by atoms with Gasteiger partial charge in [-0.05, 0) is 98.8 Å². The topological polar surface area (TPSA) is 230 Å². The van der Waals surface area contributed by atoms with Crippen molar-refractivity contribution in [2.75, 3.05) is 17.2 Å². The molecule has 8 rings (SSSR count). The van der Waals surface area contributed by atoms with Crippen molar-refractivity contribution in [2.45, 2.75) is 148 Å². The summed E-state index contributed by atoms with van der Waals surface area (Å²) in [6.07, 6.45) is 9.27. The average molecular weight is 935 g/mol. The van der Waals surface area contributed by atoms with E-state index in [9.17, 15) is 33.9 Å². The summed E-state index contributed by atoms with van der Waals surface area (Å²) >= 11 is 1.57. The molecule has 2 spiro atoms. The number of carbonyl (C=O) groups is 5. The van der Waals surface area contributed by atoms with E-state index in [1.807, 2.05) is 64.4 Å². The normalized spacial score (nSPS) is 19.4. The number of aliphatic hydroxyl groups excluding tert-OH is 1. The van der Waals surface area contributed by atoms with Crippen LogP contribution in [0.2, 0.25) is 0 Å². The van der Waals surface area contributed by atoms with Crippen LogP contribution >= 0.6 is 11.3 Å². The number of unbranched alkanes of at least 4 members (excludes halogenated alkanes) is 3. The molecule has 0 bridgehead atoms. The third-order valence-electron chi connectivity index (χ3n) is 13.9. The lowest BCUT2D eigenvalue weighted by molar-refractivity contribution is -0.144. The number of hydrogen-bond acceptors (Lipinski definition) is 12. The van der Waals surface area contributed by atoms with Crippen LogP contribution in [-0.4, -0.2) is 83.8 Å². The standard InChI is InChI=1S/C49H62N10O7S/c1-29-22-34(45(65)59-40(29)44(64)57-49(59)20-18-48(16-17-48)19-21-49)54-36-24-37(52-27-51-36)55-38(61)10-8-6-7-9-11-39(62)56-42(47(3,4)5)46(66)58-26-33(60)23-35(58)43(63)50-25-31-12-14-32(15-13-31)41-30(2)53-28-67-41/h12-15,22,24,27-28,33,35,42,60H,6-11,16-21,23,25-26H2,1-5H3,(H,50,63)(H,56,62)(H,57,64)(H2,51,52,54,55,61)/t33-,35?,42-/m1/s1. The van der Waals surface area contributed by atoms with E-state index in [4.69, 9.17) is 0 Å². The lowest BCUT2D eigenvalue weighted by Gasteiger charge is -2.39. The molecule has 2 saturated carbocycles. The first-order chi connectivity index (χ1) is 31.9. The molecule has 6 N–H and O–H groups in total. The smallest absolute Gasteiger partial charge is 0.276 e. The number of nitrogens with one attached hydrogen (secondary N) is 5. The van der Waals surface area contributed by atoms with Crippen molar-refractivity contribution in [2.24, 2.45) is 10.8 Å². The molecule has 17 nitrogen and oxygen atoms in total. The molecule has 356 valence electrons. The molecule has 1 unspecified atom stereocenters. The first-order valence-electron chi connectivity index (χ1n) is 23.5. The Morgan fingerprint density at radius 1 is 0.896 bits per heavy atom. The number of rotatable bonds is 16. The van der Waals surface area contributed by atoms with Crippen molar-refractivity contribution in [3.8, 4) is 10.4 Å². The van der Waals surface area contributed by atoms with E-state index < -0.39 is 35.2 Å². The second-order valence-electron chi connectivity index (χ2n) is 20.0. The van der Waals surface area contributed by atoms with Gasteiger partial charge in [-0.15, -0.1) is 11.3 Å². The molecule has 5 heterocycles. The molecule has 2 aliphatic carbocycles. The maximum atomic E-state index is 14.0. The van der Waals surface area contributed by atoms with Crippen molar-refractivity contribution in [3.63, 3.8) is 0 Å². The van der Waals surface area contributed by atoms with Crippen LogP contribution in [0.1, 0.15) is 132 Å². The Morgan fingerprint density at radius 2 is 1.57 bits per heavy atom. The minimum atomic E-state index is -0.921. The summed E-state index contributed by atoms with van der Waals surface area (Å²) in [5.41, 5.74) is 4.75. The summed E-state index contributed by atoms with van der Waals surface area (Å²) < 4.78 is 1.65. The van der Waals surface area contributed by atoms with Crippen molar-refractivity contribution >= 4 is 58.2 Å². The first-order valence-corrected chi connectivity index (χ1v) is 24.4. The number of likely N-dealkylation sites (tertiary alicyclic amines) is 1. The molecule has 2 aliphatic heterocycles. The van der Waals surface area contributed by atoms with Crippen LogP contribution < -0.4 is 32.1 Å². The average Bonchev–Trinajstić information content (AvgIpc) is 3.55. The monoisotopic (exact) mass is 934 g/mol. The summed E-state index contributed by atoms with van der Waals surface area (Å²) in [6, 6.07) is 9.29. The largest absolute Gasteiger partial charge is 0.391 e. The highest BCUT2D eigenvalue weighted by Gasteiger charge is 2.54. The van der Waals surface area contributed by atoms with Crippen molar-refractivity contribution < 1.29 is 29.1 Å². The second-order valence-corrected chi connectivity index (χ2v) is 20.9. The van der Waals surface area contributed by atoms with E-state index in [2.05, 4.69) is 41.5 Å². The third kappa shape index (κ3) is 10.6. The van der Waals surface area contributed by atoms with Gasteiger partial charge in [-0.3, -0.25) is 33.3 Å². The fraction of sp³-hybridized carbons (Fsp3) is 0.531. The van der Waals surface area contributed by atoms with Crippen LogP contribution in [0.15, 0.2) is 53.0 Å². The number of fused-ring (bicyclic) bond motifs is 2. The number of hydrogen-bond donors (Lipinski definition) is 6. The van der Waals surface area contributed by atoms with E-state index in [-0.39, 0.29) is 73.0 Å². The van der Waals surface area contributed by atoms with Crippen LogP contribution in [0.3, 0.4) is 0 Å². The number of nitrogens with zero attached hydrogens (tertiary/aromatic N) is 5. The Balaban J connectivity index is 0.771. The Kier molecular flexibility index (Phi) is 13.7. The van der Waals surface area contributed by atoms with Gasteiger partial charge in [0.2, 0.25) is 23.6 Å². The number of thiazole rings is 1. The molecule has 1 saturated heterocycles. The molecule has 3 aromatic heterocycles. The van der Waals surface area contributed by atoms with E-state index in [1.54, 1.807) is 28.0 Å². The number of aromatic nitrogens is 4. The van der Waals surface area contributed by atoms with Gasteiger partial charge in [-0.25, -0.2) is 15.0 Å². The first kappa shape index (κ1) is 47.5. The summed E-state index contributed by atoms with van der Waals surface area (Å²) in [5, 5.41) is 25.5. The van der Waals surface area contributed by atoms with Crippen molar-refractivity contribution in [1.82, 2.24) is 40.4 Å². The predicted molar refractivity (Wildman–Crippen MR) is 254 cm³/mol. The van der Waals surface area contributed by atoms with Crippen molar-refractivity contribution in [1.29, 1.82) is 0 Å². The van der Waals surface area contributed by atoms with Crippen LogP contribution in [0, 0.1) is 24.7 Å². The fourth-order valence-corrected chi connectivity index (χ4v) is 10.7. The minimum Gasteiger partial charge on any atom is -0.391 e. The van der Waals surface area contributed by atoms with E-state index >= 15 is 0 Å². The summed E-state index contributed by atoms with van der Waals surface area (Å²) in [7, 11) is 0. The lowest BCUT2D eigenvalue weighted by atomic mass is 9.79. The molecule has 3 fully saturated rings. The number of aryl methyl sites for hydroxylation is 2. The van der Waals surface area contributed by atoms with Gasteiger partial charge in [0.1, 0.15) is 47.1 Å². The Bertz CT molecular complexity index is 2590. The van der Waals surface area contributed by atoms with Gasteiger partial charge in [0.15, 0.2) is 0 Å². The lowest BCUT2D eigenvalue weighted by Crippen LogP contribution is -2.57. The van der Waals surface area contributed by atoms with Gasteiger partial charge in [0.25, 0.3) is 11.5 Å². The highest BCUT2D eigenvalue weighted by atomic mass is 32.1. The van der Waals surface area contributed by atoms with Gasteiger partial charge in [0.05, 0.1) is 22.2 Å². The number of aliphatic hydroxyl groups is 1. The fourth-order valence-electron chi connectivity index (χ4n) is 9.84. The number of amides is 5. The molecular weight excluding hydrogens is 873 g/mol. The van der Waals surface area contributed by atoms with E-state index in [0.29, 0.717) is 48.2 Å². The van der Waals surface area contributed by atoms with Gasteiger partial charge < -0.3 is 36.6 Å². The maximum Gasteiger partial charge on any atom is 0.276 e. The van der Waals surface area contributed by atoms with Crippen molar-refractivity contribution in [3.05, 3.63) is 81.1 Å². The summed E-state index contributed by atoms with van der Waals surface area (Å²) in [5.74, 6) is -0.943. The molecular formula is C49H62N10O7S. The van der Waals surface area contributed by atoms with Crippen LogP contribution in [-0.2, 0) is 31.4 Å². The van der Waals surface area contributed by atoms with Gasteiger partial charge in [-0.2, -0.15) is 0 Å². The highest BCUT2D eigenvalue weighted by Crippen LogP contribution is 2.59.